The number of hydrogen-bond acceptors (Lipinski definition) is 4. The number of aliphatic hydroxyl groups is 1. The molecule has 3 aliphatic heterocycles. The molecule has 1 aromatic carbocycles. The minimum Gasteiger partial charge on any atom is -0.396 e. The lowest BCUT2D eigenvalue weighted by Gasteiger charge is -2.52. The first-order valence-electron chi connectivity index (χ1n) is 10.6. The Hall–Kier alpha value is -0.650. The molecule has 5 heteroatoms. The topological polar surface area (TPSA) is 35.9 Å². The maximum Gasteiger partial charge on any atom is 0.0480 e. The van der Waals surface area contributed by atoms with Gasteiger partial charge in [0.2, 0.25) is 0 Å². The first-order chi connectivity index (χ1) is 13.2. The van der Waals surface area contributed by atoms with Gasteiger partial charge in [-0.1, -0.05) is 23.7 Å². The van der Waals surface area contributed by atoms with Crippen molar-refractivity contribution in [3.63, 3.8) is 0 Å². The van der Waals surface area contributed by atoms with Gasteiger partial charge in [-0.05, 0) is 74.8 Å². The SMILES string of the molecule is OC[C@H]1CN(Cc2ccc(Cl)cc2)CCC12CCN(C1CCOCC1)CC2. The number of halogens is 1. The molecule has 27 heavy (non-hydrogen) atoms. The second kappa shape index (κ2) is 8.79. The molecule has 0 bridgehead atoms. The molecule has 3 heterocycles. The van der Waals surface area contributed by atoms with Crippen LogP contribution < -0.4 is 0 Å². The van der Waals surface area contributed by atoms with E-state index in [0.29, 0.717) is 24.0 Å². The van der Waals surface area contributed by atoms with Crippen LogP contribution in [0.4, 0.5) is 0 Å². The van der Waals surface area contributed by atoms with Crippen molar-refractivity contribution >= 4 is 11.6 Å². The van der Waals surface area contributed by atoms with Crippen LogP contribution >= 0.6 is 11.6 Å². The molecule has 0 aliphatic carbocycles. The van der Waals surface area contributed by atoms with E-state index in [1.165, 1.54) is 50.8 Å². The minimum absolute atomic E-state index is 0.314. The first kappa shape index (κ1) is 19.7. The molecule has 1 spiro atoms. The van der Waals surface area contributed by atoms with Crippen molar-refractivity contribution in [2.24, 2.45) is 11.3 Å². The molecule has 0 unspecified atom stereocenters. The van der Waals surface area contributed by atoms with E-state index < -0.39 is 0 Å². The first-order valence-corrected chi connectivity index (χ1v) is 11.0. The number of piperidine rings is 2. The largest absolute Gasteiger partial charge is 0.396 e. The summed E-state index contributed by atoms with van der Waals surface area (Å²) in [6.45, 7) is 7.65. The van der Waals surface area contributed by atoms with Gasteiger partial charge in [-0.2, -0.15) is 0 Å². The molecular weight excluding hydrogens is 360 g/mol. The van der Waals surface area contributed by atoms with Crippen LogP contribution in [0.3, 0.4) is 0 Å². The lowest BCUT2D eigenvalue weighted by Crippen LogP contribution is -2.55. The number of ether oxygens (including phenoxy) is 1. The van der Waals surface area contributed by atoms with Gasteiger partial charge in [0.15, 0.2) is 0 Å². The Labute approximate surface area is 168 Å². The van der Waals surface area contributed by atoms with Gasteiger partial charge in [-0.15, -0.1) is 0 Å². The van der Waals surface area contributed by atoms with Crippen LogP contribution in [0.15, 0.2) is 24.3 Å². The predicted octanol–water partition coefficient (Wildman–Crippen LogP) is 3.42. The van der Waals surface area contributed by atoms with E-state index in [1.807, 2.05) is 12.1 Å². The Morgan fingerprint density at radius 3 is 2.37 bits per heavy atom. The van der Waals surface area contributed by atoms with Gasteiger partial charge in [0.25, 0.3) is 0 Å². The molecule has 150 valence electrons. The van der Waals surface area contributed by atoms with Crippen LogP contribution in [-0.2, 0) is 11.3 Å². The summed E-state index contributed by atoms with van der Waals surface area (Å²) in [6.07, 6.45) is 6.07. The summed E-state index contributed by atoms with van der Waals surface area (Å²) in [7, 11) is 0. The van der Waals surface area contributed by atoms with Gasteiger partial charge in [-0.3, -0.25) is 4.90 Å². The Morgan fingerprint density at radius 1 is 1.04 bits per heavy atom. The van der Waals surface area contributed by atoms with Crippen LogP contribution in [0.2, 0.25) is 5.02 Å². The number of likely N-dealkylation sites (tertiary alicyclic amines) is 2. The average molecular weight is 393 g/mol. The van der Waals surface area contributed by atoms with Crippen LogP contribution in [0.5, 0.6) is 0 Å². The fourth-order valence-corrected chi connectivity index (χ4v) is 5.59. The van der Waals surface area contributed by atoms with Crippen LogP contribution in [0.25, 0.3) is 0 Å². The fraction of sp³-hybridized carbons (Fsp3) is 0.727. The third kappa shape index (κ3) is 4.51. The molecule has 0 saturated carbocycles. The Kier molecular flexibility index (Phi) is 6.40. The standard InChI is InChI=1S/C22H33ClN2O2/c23-20-3-1-18(2-4-20)15-24-10-7-22(19(16-24)17-26)8-11-25(12-9-22)21-5-13-27-14-6-21/h1-4,19,21,26H,5-17H2/t19-/m1/s1. The molecule has 0 amide bonds. The normalized spacial score (nSPS) is 27.9. The highest BCUT2D eigenvalue weighted by atomic mass is 35.5. The number of hydrogen-bond donors (Lipinski definition) is 1. The molecule has 1 atom stereocenters. The summed E-state index contributed by atoms with van der Waals surface area (Å²) in [5.74, 6) is 0.399. The third-order valence-corrected chi connectivity index (χ3v) is 7.56. The van der Waals surface area contributed by atoms with Crippen molar-refractivity contribution in [1.82, 2.24) is 9.80 Å². The molecule has 4 rings (SSSR count). The molecule has 3 fully saturated rings. The highest BCUT2D eigenvalue weighted by molar-refractivity contribution is 6.30. The molecule has 3 saturated heterocycles. The van der Waals surface area contributed by atoms with E-state index in [-0.39, 0.29) is 0 Å². The summed E-state index contributed by atoms with van der Waals surface area (Å²) < 4.78 is 5.53. The molecule has 0 aromatic heterocycles. The molecule has 1 aromatic rings. The van der Waals surface area contributed by atoms with Crippen LogP contribution in [0, 0.1) is 11.3 Å². The Bertz CT molecular complexity index is 595. The van der Waals surface area contributed by atoms with Crippen molar-refractivity contribution in [3.05, 3.63) is 34.9 Å². The van der Waals surface area contributed by atoms with Crippen molar-refractivity contribution in [1.29, 1.82) is 0 Å². The zero-order valence-corrected chi connectivity index (χ0v) is 17.0. The fourth-order valence-electron chi connectivity index (χ4n) is 5.47. The van der Waals surface area contributed by atoms with Gasteiger partial charge in [0, 0.05) is 49.9 Å². The van der Waals surface area contributed by atoms with Gasteiger partial charge < -0.3 is 14.7 Å². The van der Waals surface area contributed by atoms with Crippen LogP contribution in [0.1, 0.15) is 37.7 Å². The van der Waals surface area contributed by atoms with E-state index >= 15 is 0 Å². The molecule has 1 N–H and O–H groups in total. The van der Waals surface area contributed by atoms with Crippen molar-refractivity contribution in [2.75, 3.05) is 46.0 Å². The lowest BCUT2D eigenvalue weighted by molar-refractivity contribution is -0.0601. The highest BCUT2D eigenvalue weighted by Gasteiger charge is 2.45. The number of rotatable bonds is 4. The van der Waals surface area contributed by atoms with E-state index in [1.54, 1.807) is 0 Å². The molecule has 0 radical (unpaired) electrons. The Balaban J connectivity index is 1.34. The highest BCUT2D eigenvalue weighted by Crippen LogP contribution is 2.46. The molecular formula is C22H33ClN2O2. The number of benzene rings is 1. The van der Waals surface area contributed by atoms with Crippen LogP contribution in [-0.4, -0.2) is 66.9 Å². The minimum atomic E-state index is 0.314. The summed E-state index contributed by atoms with van der Waals surface area (Å²) in [4.78, 5) is 5.21. The van der Waals surface area contributed by atoms with Gasteiger partial charge in [0.05, 0.1) is 0 Å². The summed E-state index contributed by atoms with van der Waals surface area (Å²) in [5.41, 5.74) is 1.65. The monoisotopic (exact) mass is 392 g/mol. The molecule has 4 nitrogen and oxygen atoms in total. The zero-order valence-electron chi connectivity index (χ0n) is 16.3. The summed E-state index contributed by atoms with van der Waals surface area (Å²) in [5, 5.41) is 11.0. The number of nitrogens with zero attached hydrogens (tertiary/aromatic N) is 2. The molecule has 3 aliphatic rings. The summed E-state index contributed by atoms with van der Waals surface area (Å²) in [6, 6.07) is 8.89. The predicted molar refractivity (Wildman–Crippen MR) is 109 cm³/mol. The van der Waals surface area contributed by atoms with E-state index in [9.17, 15) is 5.11 Å². The van der Waals surface area contributed by atoms with Crippen molar-refractivity contribution in [3.8, 4) is 0 Å². The smallest absolute Gasteiger partial charge is 0.0480 e. The maximum absolute atomic E-state index is 10.2. The third-order valence-electron chi connectivity index (χ3n) is 7.31. The number of aliphatic hydroxyl groups excluding tert-OH is 1. The second-order valence-corrected chi connectivity index (χ2v) is 9.17. The van der Waals surface area contributed by atoms with Gasteiger partial charge in [-0.25, -0.2) is 0 Å². The van der Waals surface area contributed by atoms with E-state index in [0.717, 1.165) is 37.9 Å². The lowest BCUT2D eigenvalue weighted by atomic mass is 9.64. The van der Waals surface area contributed by atoms with Gasteiger partial charge in [0.1, 0.15) is 0 Å². The Morgan fingerprint density at radius 2 is 1.70 bits per heavy atom. The quantitative estimate of drug-likeness (QED) is 0.851. The zero-order chi connectivity index (χ0) is 18.7. The van der Waals surface area contributed by atoms with E-state index in [2.05, 4.69) is 21.9 Å². The summed E-state index contributed by atoms with van der Waals surface area (Å²) >= 11 is 6.01. The average Bonchev–Trinajstić information content (AvgIpc) is 2.72. The maximum atomic E-state index is 10.2. The second-order valence-electron chi connectivity index (χ2n) is 8.73. The van der Waals surface area contributed by atoms with Crippen molar-refractivity contribution < 1.29 is 9.84 Å². The van der Waals surface area contributed by atoms with Gasteiger partial charge >= 0.3 is 0 Å². The van der Waals surface area contributed by atoms with E-state index in [4.69, 9.17) is 16.3 Å². The van der Waals surface area contributed by atoms with Crippen molar-refractivity contribution in [2.45, 2.75) is 44.7 Å².